The Bertz CT molecular complexity index is 420. The highest BCUT2D eigenvalue weighted by molar-refractivity contribution is 7.91. The fourth-order valence-electron chi connectivity index (χ4n) is 1.57. The highest BCUT2D eigenvalue weighted by atomic mass is 32.2. The minimum Gasteiger partial charge on any atom is -0.392 e. The van der Waals surface area contributed by atoms with Crippen LogP contribution in [-0.2, 0) is 9.84 Å². The van der Waals surface area contributed by atoms with Crippen molar-refractivity contribution in [3.05, 3.63) is 30.3 Å². The van der Waals surface area contributed by atoms with Crippen molar-refractivity contribution in [2.45, 2.75) is 23.8 Å². The van der Waals surface area contributed by atoms with Crippen molar-refractivity contribution in [1.29, 1.82) is 0 Å². The van der Waals surface area contributed by atoms with Gasteiger partial charge in [0.1, 0.15) is 0 Å². The third-order valence-corrected chi connectivity index (χ3v) is 4.43. The van der Waals surface area contributed by atoms with Gasteiger partial charge in [-0.15, -0.1) is 0 Å². The van der Waals surface area contributed by atoms with Crippen LogP contribution in [0.2, 0.25) is 0 Å². The number of aliphatic hydroxyl groups is 1. The molecule has 3 nitrogen and oxygen atoms in total. The number of hydrogen-bond donors (Lipinski definition) is 1. The summed E-state index contributed by atoms with van der Waals surface area (Å²) in [5.74, 6) is 0.0466. The average Bonchev–Trinajstić information content (AvgIpc) is 3.01. The van der Waals surface area contributed by atoms with E-state index in [1.807, 2.05) is 0 Å². The molecule has 0 saturated heterocycles. The molecule has 4 heteroatoms. The third-order valence-electron chi connectivity index (χ3n) is 2.66. The zero-order valence-corrected chi connectivity index (χ0v) is 9.15. The third kappa shape index (κ3) is 2.58. The van der Waals surface area contributed by atoms with Crippen LogP contribution < -0.4 is 0 Å². The van der Waals surface area contributed by atoms with Crippen LogP contribution in [0.4, 0.5) is 0 Å². The highest BCUT2D eigenvalue weighted by Crippen LogP contribution is 2.33. The van der Waals surface area contributed by atoms with Crippen LogP contribution in [-0.4, -0.2) is 25.4 Å². The summed E-state index contributed by atoms with van der Waals surface area (Å²) in [6.45, 7) is 0. The van der Waals surface area contributed by atoms with Gasteiger partial charge < -0.3 is 5.11 Å². The van der Waals surface area contributed by atoms with E-state index in [1.165, 1.54) is 0 Å². The van der Waals surface area contributed by atoms with Crippen LogP contribution in [0.15, 0.2) is 35.2 Å². The summed E-state index contributed by atoms with van der Waals surface area (Å²) in [4.78, 5) is 0.296. The zero-order chi connectivity index (χ0) is 10.9. The minimum atomic E-state index is -3.31. The molecule has 1 aliphatic rings. The van der Waals surface area contributed by atoms with Gasteiger partial charge in [-0.3, -0.25) is 0 Å². The Morgan fingerprint density at radius 3 is 2.40 bits per heavy atom. The van der Waals surface area contributed by atoms with Crippen LogP contribution in [0.25, 0.3) is 0 Å². The molecule has 1 aliphatic carbocycles. The van der Waals surface area contributed by atoms with E-state index in [0.29, 0.717) is 4.90 Å². The SMILES string of the molecule is O=S(=O)(CC(O)C1CC1)c1ccccc1. The summed E-state index contributed by atoms with van der Waals surface area (Å²) >= 11 is 0. The summed E-state index contributed by atoms with van der Waals surface area (Å²) in [5, 5.41) is 9.61. The second-order valence-corrected chi connectivity index (χ2v) is 6.03. The molecule has 0 aliphatic heterocycles. The normalized spacial score (nSPS) is 18.7. The first-order valence-corrected chi connectivity index (χ1v) is 6.71. The molecule has 0 aromatic heterocycles. The maximum absolute atomic E-state index is 11.8. The molecule has 1 atom stereocenters. The van der Waals surface area contributed by atoms with Gasteiger partial charge >= 0.3 is 0 Å². The van der Waals surface area contributed by atoms with E-state index in [4.69, 9.17) is 0 Å². The van der Waals surface area contributed by atoms with Crippen LogP contribution in [0, 0.1) is 5.92 Å². The second-order valence-electron chi connectivity index (χ2n) is 4.00. The van der Waals surface area contributed by atoms with Crippen molar-refractivity contribution in [1.82, 2.24) is 0 Å². The summed E-state index contributed by atoms with van der Waals surface area (Å²) < 4.78 is 23.6. The van der Waals surface area contributed by atoms with Gasteiger partial charge in [0, 0.05) is 0 Å². The molecule has 1 fully saturated rings. The van der Waals surface area contributed by atoms with E-state index in [2.05, 4.69) is 0 Å². The maximum atomic E-state index is 11.8. The molecule has 0 amide bonds. The first kappa shape index (κ1) is 10.6. The van der Waals surface area contributed by atoms with Gasteiger partial charge in [0.2, 0.25) is 0 Å². The molecule has 2 rings (SSSR count). The Labute approximate surface area is 89.7 Å². The first-order chi connectivity index (χ1) is 7.09. The van der Waals surface area contributed by atoms with Gasteiger partial charge in [-0.1, -0.05) is 18.2 Å². The van der Waals surface area contributed by atoms with Crippen molar-refractivity contribution >= 4 is 9.84 Å². The minimum absolute atomic E-state index is 0.151. The fourth-order valence-corrected chi connectivity index (χ4v) is 3.05. The Balaban J connectivity index is 2.13. The maximum Gasteiger partial charge on any atom is 0.180 e. The lowest BCUT2D eigenvalue weighted by atomic mass is 10.3. The van der Waals surface area contributed by atoms with Crippen molar-refractivity contribution in [2.75, 3.05) is 5.75 Å². The zero-order valence-electron chi connectivity index (χ0n) is 8.33. The molecule has 1 saturated carbocycles. The quantitative estimate of drug-likeness (QED) is 0.840. The van der Waals surface area contributed by atoms with E-state index in [9.17, 15) is 13.5 Å². The summed E-state index contributed by atoms with van der Waals surface area (Å²) in [5.41, 5.74) is 0. The second kappa shape index (κ2) is 3.94. The molecule has 0 bridgehead atoms. The molecule has 1 N–H and O–H groups in total. The predicted octanol–water partition coefficient (Wildman–Crippen LogP) is 1.23. The van der Waals surface area contributed by atoms with Gasteiger partial charge in [-0.2, -0.15) is 0 Å². The monoisotopic (exact) mass is 226 g/mol. The molecular weight excluding hydrogens is 212 g/mol. The first-order valence-electron chi connectivity index (χ1n) is 5.05. The molecule has 0 heterocycles. The highest BCUT2D eigenvalue weighted by Gasteiger charge is 2.33. The summed E-state index contributed by atoms with van der Waals surface area (Å²) in [6, 6.07) is 8.28. The lowest BCUT2D eigenvalue weighted by Gasteiger charge is -2.09. The summed E-state index contributed by atoms with van der Waals surface area (Å²) in [7, 11) is -3.31. The standard InChI is InChI=1S/C11H14O3S/c12-11(9-6-7-9)8-15(13,14)10-4-2-1-3-5-10/h1-5,9,11-12H,6-8H2. The van der Waals surface area contributed by atoms with Crippen LogP contribution in [0.5, 0.6) is 0 Å². The Kier molecular flexibility index (Phi) is 2.80. The number of benzene rings is 1. The van der Waals surface area contributed by atoms with Crippen LogP contribution in [0.1, 0.15) is 12.8 Å². The number of aliphatic hydroxyl groups excluding tert-OH is 1. The molecule has 1 aromatic carbocycles. The van der Waals surface area contributed by atoms with E-state index in [-0.39, 0.29) is 11.7 Å². The van der Waals surface area contributed by atoms with Gasteiger partial charge in [0.15, 0.2) is 9.84 Å². The van der Waals surface area contributed by atoms with Gasteiger partial charge in [-0.05, 0) is 30.9 Å². The van der Waals surface area contributed by atoms with Crippen molar-refractivity contribution in [3.63, 3.8) is 0 Å². The van der Waals surface area contributed by atoms with Gasteiger partial charge in [0.25, 0.3) is 0 Å². The Morgan fingerprint density at radius 2 is 1.87 bits per heavy atom. The number of hydrogen-bond acceptors (Lipinski definition) is 3. The smallest absolute Gasteiger partial charge is 0.180 e. The molecule has 0 spiro atoms. The van der Waals surface area contributed by atoms with Crippen LogP contribution in [0.3, 0.4) is 0 Å². The van der Waals surface area contributed by atoms with Gasteiger partial charge in [0.05, 0.1) is 16.8 Å². The molecule has 0 radical (unpaired) electrons. The fraction of sp³-hybridized carbons (Fsp3) is 0.455. The number of sulfone groups is 1. The molecule has 1 unspecified atom stereocenters. The lowest BCUT2D eigenvalue weighted by Crippen LogP contribution is -2.22. The van der Waals surface area contributed by atoms with E-state index >= 15 is 0 Å². The topological polar surface area (TPSA) is 54.4 Å². The molecule has 82 valence electrons. The van der Waals surface area contributed by atoms with Crippen LogP contribution >= 0.6 is 0 Å². The molecule has 15 heavy (non-hydrogen) atoms. The Hall–Kier alpha value is -0.870. The van der Waals surface area contributed by atoms with E-state index in [0.717, 1.165) is 12.8 Å². The van der Waals surface area contributed by atoms with E-state index < -0.39 is 15.9 Å². The largest absolute Gasteiger partial charge is 0.392 e. The average molecular weight is 226 g/mol. The summed E-state index contributed by atoms with van der Waals surface area (Å²) in [6.07, 6.45) is 1.20. The molecule has 1 aromatic rings. The lowest BCUT2D eigenvalue weighted by molar-refractivity contribution is 0.174. The molecular formula is C11H14O3S. The van der Waals surface area contributed by atoms with Crippen molar-refractivity contribution in [3.8, 4) is 0 Å². The number of rotatable bonds is 4. The van der Waals surface area contributed by atoms with Gasteiger partial charge in [-0.25, -0.2) is 8.42 Å². The predicted molar refractivity (Wildman–Crippen MR) is 57.2 cm³/mol. The van der Waals surface area contributed by atoms with Crippen molar-refractivity contribution in [2.24, 2.45) is 5.92 Å². The Morgan fingerprint density at radius 1 is 1.27 bits per heavy atom. The van der Waals surface area contributed by atoms with Crippen molar-refractivity contribution < 1.29 is 13.5 Å². The van der Waals surface area contributed by atoms with E-state index in [1.54, 1.807) is 30.3 Å².